The van der Waals surface area contributed by atoms with Gasteiger partial charge in [-0.2, -0.15) is 5.10 Å². The Morgan fingerprint density at radius 2 is 1.74 bits per heavy atom. The molecule has 12 heteroatoms. The maximum atomic E-state index is 13.5. The van der Waals surface area contributed by atoms with Crippen LogP contribution in [0.25, 0.3) is 11.3 Å². The summed E-state index contributed by atoms with van der Waals surface area (Å²) < 4.78 is 11.1. The summed E-state index contributed by atoms with van der Waals surface area (Å²) in [5.41, 5.74) is 6.31. The van der Waals surface area contributed by atoms with Gasteiger partial charge in [0.2, 0.25) is 5.91 Å². The van der Waals surface area contributed by atoms with E-state index < -0.39 is 11.5 Å². The number of nitrogens with two attached hydrogens (primary N) is 1. The number of esters is 1. The van der Waals surface area contributed by atoms with Crippen LogP contribution >= 0.6 is 0 Å². The normalized spacial score (nSPS) is 16.2. The first-order chi connectivity index (χ1) is 18.3. The number of ether oxygens (including phenoxy) is 2. The molecule has 3 heterocycles. The number of amidine groups is 1. The zero-order valence-electron chi connectivity index (χ0n) is 21.4. The van der Waals surface area contributed by atoms with E-state index in [0.717, 1.165) is 4.68 Å². The molecule has 0 bridgehead atoms. The van der Waals surface area contributed by atoms with Crippen molar-refractivity contribution in [1.29, 1.82) is 5.41 Å². The SMILES string of the molecule is COC(=O)CC1CCN(C(=O)c2cc(-c3ccc(C(=N)N)cc3)nn(CC(=O)N3CCOCC3)c2=O)CC1. The molecule has 0 aliphatic carbocycles. The van der Waals surface area contributed by atoms with Gasteiger partial charge in [-0.05, 0) is 24.8 Å². The molecule has 3 N–H and O–H groups in total. The average Bonchev–Trinajstić information content (AvgIpc) is 2.94. The maximum Gasteiger partial charge on any atom is 0.305 e. The van der Waals surface area contributed by atoms with Gasteiger partial charge in [-0.15, -0.1) is 0 Å². The number of nitrogens with one attached hydrogen (secondary N) is 1. The summed E-state index contributed by atoms with van der Waals surface area (Å²) in [6, 6.07) is 8.15. The minimum Gasteiger partial charge on any atom is -0.469 e. The number of carbonyl (C=O) groups is 3. The van der Waals surface area contributed by atoms with Gasteiger partial charge >= 0.3 is 5.97 Å². The predicted octanol–water partition coefficient (Wildman–Crippen LogP) is 0.468. The number of hydrogen-bond acceptors (Lipinski definition) is 8. The minimum absolute atomic E-state index is 0.0770. The summed E-state index contributed by atoms with van der Waals surface area (Å²) in [6.45, 7) is 2.19. The number of carbonyl (C=O) groups excluding carboxylic acids is 3. The van der Waals surface area contributed by atoms with E-state index in [1.807, 2.05) is 0 Å². The van der Waals surface area contributed by atoms with Gasteiger partial charge in [0, 0.05) is 43.7 Å². The third-order valence-corrected chi connectivity index (χ3v) is 6.93. The fourth-order valence-corrected chi connectivity index (χ4v) is 4.63. The summed E-state index contributed by atoms with van der Waals surface area (Å²) in [6.07, 6.45) is 1.54. The molecule has 0 atom stereocenters. The number of amides is 2. The molecule has 12 nitrogen and oxygen atoms in total. The van der Waals surface area contributed by atoms with Gasteiger partial charge in [0.05, 0.1) is 26.0 Å². The van der Waals surface area contributed by atoms with E-state index in [1.54, 1.807) is 34.1 Å². The van der Waals surface area contributed by atoms with Crippen molar-refractivity contribution in [3.8, 4) is 11.3 Å². The lowest BCUT2D eigenvalue weighted by atomic mass is 9.93. The molecule has 0 spiro atoms. The van der Waals surface area contributed by atoms with Crippen molar-refractivity contribution < 1.29 is 23.9 Å². The predicted molar refractivity (Wildman–Crippen MR) is 138 cm³/mol. The highest BCUT2D eigenvalue weighted by Gasteiger charge is 2.28. The van der Waals surface area contributed by atoms with Crippen molar-refractivity contribution in [2.24, 2.45) is 11.7 Å². The second-order valence-corrected chi connectivity index (χ2v) is 9.41. The molecule has 2 fully saturated rings. The Morgan fingerprint density at radius 3 is 2.34 bits per heavy atom. The highest BCUT2D eigenvalue weighted by atomic mass is 16.5. The Bertz CT molecular complexity index is 1260. The quantitative estimate of drug-likeness (QED) is 0.300. The molecule has 2 aromatic rings. The van der Waals surface area contributed by atoms with Crippen LogP contribution in [0.2, 0.25) is 0 Å². The summed E-state index contributed by atoms with van der Waals surface area (Å²) in [5, 5.41) is 12.0. The van der Waals surface area contributed by atoms with Crippen LogP contribution in [-0.4, -0.2) is 89.7 Å². The number of benzene rings is 1. The van der Waals surface area contributed by atoms with Crippen LogP contribution in [0.3, 0.4) is 0 Å². The standard InChI is InChI=1S/C26H32N6O6/c1-37-23(34)14-17-6-8-31(9-7-17)25(35)20-15-21(18-2-4-19(5-3-18)24(27)28)29-32(26(20)36)16-22(33)30-10-12-38-13-11-30/h2-5,15,17H,6-14,16H2,1H3,(H3,27,28). The first kappa shape index (κ1) is 27.0. The van der Waals surface area contributed by atoms with Crippen LogP contribution in [0.15, 0.2) is 35.1 Å². The summed E-state index contributed by atoms with van der Waals surface area (Å²) in [5.74, 6) is -0.978. The Kier molecular flexibility index (Phi) is 8.52. The van der Waals surface area contributed by atoms with Crippen LogP contribution in [-0.2, 0) is 25.6 Å². The number of methoxy groups -OCH3 is 1. The topological polar surface area (TPSA) is 161 Å². The average molecular weight is 525 g/mol. The largest absolute Gasteiger partial charge is 0.469 e. The number of nitrogens with zero attached hydrogens (tertiary/aromatic N) is 4. The molecule has 1 aromatic carbocycles. The van der Waals surface area contributed by atoms with E-state index in [9.17, 15) is 19.2 Å². The summed E-state index contributed by atoms with van der Waals surface area (Å²) >= 11 is 0. The van der Waals surface area contributed by atoms with Crippen LogP contribution in [0, 0.1) is 11.3 Å². The Hall–Kier alpha value is -4.06. The number of rotatable bonds is 7. The lowest BCUT2D eigenvalue weighted by Gasteiger charge is -2.31. The molecular weight excluding hydrogens is 492 g/mol. The van der Waals surface area contributed by atoms with Gasteiger partial charge in [-0.3, -0.25) is 24.6 Å². The van der Waals surface area contributed by atoms with Gasteiger partial charge in [-0.25, -0.2) is 4.68 Å². The van der Waals surface area contributed by atoms with Crippen molar-refractivity contribution in [3.05, 3.63) is 51.8 Å². The van der Waals surface area contributed by atoms with E-state index in [0.29, 0.717) is 75.5 Å². The molecular formula is C26H32N6O6. The molecule has 0 saturated carbocycles. The molecule has 1 aromatic heterocycles. The van der Waals surface area contributed by atoms with Crippen molar-refractivity contribution in [2.45, 2.75) is 25.8 Å². The van der Waals surface area contributed by atoms with Crippen LogP contribution in [0.1, 0.15) is 35.2 Å². The molecule has 4 rings (SSSR count). The smallest absolute Gasteiger partial charge is 0.305 e. The molecule has 2 aliphatic heterocycles. The fraction of sp³-hybridized carbons (Fsp3) is 0.462. The molecule has 2 aliphatic rings. The van der Waals surface area contributed by atoms with Gasteiger partial charge in [0.15, 0.2) is 0 Å². The molecule has 0 radical (unpaired) electrons. The number of piperidine rings is 1. The van der Waals surface area contributed by atoms with Gasteiger partial charge in [0.1, 0.15) is 17.9 Å². The molecule has 2 amide bonds. The van der Waals surface area contributed by atoms with Crippen LogP contribution in [0.5, 0.6) is 0 Å². The maximum absolute atomic E-state index is 13.5. The van der Waals surface area contributed by atoms with E-state index in [2.05, 4.69) is 5.10 Å². The molecule has 38 heavy (non-hydrogen) atoms. The summed E-state index contributed by atoms with van der Waals surface area (Å²) in [7, 11) is 1.35. The highest BCUT2D eigenvalue weighted by molar-refractivity contribution is 5.96. The van der Waals surface area contributed by atoms with Gasteiger partial charge < -0.3 is 25.0 Å². The van der Waals surface area contributed by atoms with E-state index in [4.69, 9.17) is 20.6 Å². The number of hydrogen-bond donors (Lipinski definition) is 2. The Balaban J connectivity index is 1.62. The Labute approximate surface area is 219 Å². The number of aromatic nitrogens is 2. The van der Waals surface area contributed by atoms with E-state index in [-0.39, 0.29) is 35.7 Å². The molecule has 2 saturated heterocycles. The van der Waals surface area contributed by atoms with Crippen molar-refractivity contribution in [3.63, 3.8) is 0 Å². The first-order valence-electron chi connectivity index (χ1n) is 12.6. The van der Waals surface area contributed by atoms with Gasteiger partial charge in [-0.1, -0.05) is 24.3 Å². The first-order valence-corrected chi connectivity index (χ1v) is 12.6. The van der Waals surface area contributed by atoms with Crippen LogP contribution < -0.4 is 11.3 Å². The minimum atomic E-state index is -0.641. The van der Waals surface area contributed by atoms with E-state index >= 15 is 0 Å². The zero-order chi connectivity index (χ0) is 27.2. The second-order valence-electron chi connectivity index (χ2n) is 9.41. The molecule has 202 valence electrons. The number of nitrogen functional groups attached to an aromatic ring is 1. The third kappa shape index (κ3) is 6.25. The highest BCUT2D eigenvalue weighted by Crippen LogP contribution is 2.23. The fourth-order valence-electron chi connectivity index (χ4n) is 4.63. The van der Waals surface area contributed by atoms with E-state index in [1.165, 1.54) is 13.2 Å². The monoisotopic (exact) mass is 524 g/mol. The zero-order valence-corrected chi connectivity index (χ0v) is 21.4. The Morgan fingerprint density at radius 1 is 1.08 bits per heavy atom. The number of morpholine rings is 1. The van der Waals surface area contributed by atoms with Crippen molar-refractivity contribution in [1.82, 2.24) is 19.6 Å². The van der Waals surface area contributed by atoms with Crippen molar-refractivity contribution >= 4 is 23.6 Å². The van der Waals surface area contributed by atoms with Gasteiger partial charge in [0.25, 0.3) is 11.5 Å². The third-order valence-electron chi connectivity index (χ3n) is 6.93. The lowest BCUT2D eigenvalue weighted by molar-refractivity contribution is -0.142. The number of likely N-dealkylation sites (tertiary alicyclic amines) is 1. The molecule has 0 unspecified atom stereocenters. The van der Waals surface area contributed by atoms with Crippen molar-refractivity contribution in [2.75, 3.05) is 46.5 Å². The van der Waals surface area contributed by atoms with Crippen LogP contribution in [0.4, 0.5) is 0 Å². The lowest BCUT2D eigenvalue weighted by Crippen LogP contribution is -2.45. The second kappa shape index (κ2) is 12.0. The summed E-state index contributed by atoms with van der Waals surface area (Å²) in [4.78, 5) is 54.7.